The molecule has 0 amide bonds. The first-order chi connectivity index (χ1) is 8.09. The van der Waals surface area contributed by atoms with Crippen LogP contribution in [0.1, 0.15) is 0 Å². The fourth-order valence-corrected chi connectivity index (χ4v) is 2.20. The highest BCUT2D eigenvalue weighted by atomic mass is 79.9. The molecule has 1 fully saturated rings. The van der Waals surface area contributed by atoms with Crippen molar-refractivity contribution in [2.75, 3.05) is 31.2 Å². The number of nitro groups is 1. The van der Waals surface area contributed by atoms with Gasteiger partial charge in [0.2, 0.25) is 5.82 Å². The Morgan fingerprint density at radius 2 is 2.06 bits per heavy atom. The number of hydrogen-bond acceptors (Lipinski definition) is 4. The molecule has 17 heavy (non-hydrogen) atoms. The Morgan fingerprint density at radius 3 is 2.65 bits per heavy atom. The maximum absolute atomic E-state index is 13.6. The Hall–Kier alpha value is -1.21. The van der Waals surface area contributed by atoms with E-state index in [1.165, 1.54) is 0 Å². The summed E-state index contributed by atoms with van der Waals surface area (Å²) < 4.78 is 19.2. The van der Waals surface area contributed by atoms with E-state index in [9.17, 15) is 14.5 Å². The van der Waals surface area contributed by atoms with Gasteiger partial charge >= 0.3 is 5.69 Å². The summed E-state index contributed by atoms with van der Waals surface area (Å²) in [4.78, 5) is 12.0. The highest BCUT2D eigenvalue weighted by molar-refractivity contribution is 9.10. The van der Waals surface area contributed by atoms with Gasteiger partial charge in [-0.25, -0.2) is 0 Å². The van der Waals surface area contributed by atoms with Crippen LogP contribution in [-0.4, -0.2) is 31.2 Å². The molecule has 1 aromatic rings. The number of halogens is 2. The van der Waals surface area contributed by atoms with E-state index in [0.29, 0.717) is 36.5 Å². The number of morpholine rings is 1. The third-order valence-corrected chi connectivity index (χ3v) is 3.00. The van der Waals surface area contributed by atoms with Gasteiger partial charge in [-0.15, -0.1) is 0 Å². The molecule has 92 valence electrons. The minimum Gasteiger partial charge on any atom is -0.378 e. The lowest BCUT2D eigenvalue weighted by Crippen LogP contribution is -2.36. The van der Waals surface area contributed by atoms with Gasteiger partial charge < -0.3 is 9.64 Å². The summed E-state index contributed by atoms with van der Waals surface area (Å²) in [6.07, 6.45) is 0. The van der Waals surface area contributed by atoms with Gasteiger partial charge in [-0.2, -0.15) is 4.39 Å². The van der Waals surface area contributed by atoms with Gasteiger partial charge in [0, 0.05) is 17.6 Å². The molecule has 0 saturated carbocycles. The van der Waals surface area contributed by atoms with Gasteiger partial charge in [-0.1, -0.05) is 15.9 Å². The molecule has 5 nitrogen and oxygen atoms in total. The van der Waals surface area contributed by atoms with Crippen LogP contribution in [0, 0.1) is 15.9 Å². The van der Waals surface area contributed by atoms with Crippen molar-refractivity contribution < 1.29 is 14.1 Å². The number of benzene rings is 1. The molecule has 1 saturated heterocycles. The van der Waals surface area contributed by atoms with Crippen LogP contribution in [0.25, 0.3) is 0 Å². The molecule has 2 rings (SSSR count). The first kappa shape index (κ1) is 12.3. The maximum Gasteiger partial charge on any atom is 0.327 e. The van der Waals surface area contributed by atoms with E-state index < -0.39 is 16.4 Å². The number of anilines is 1. The molecule has 0 aromatic heterocycles. The molecule has 0 N–H and O–H groups in total. The van der Waals surface area contributed by atoms with Gasteiger partial charge in [0.05, 0.1) is 18.1 Å². The fourth-order valence-electron chi connectivity index (χ4n) is 1.78. The van der Waals surface area contributed by atoms with E-state index in [2.05, 4.69) is 15.9 Å². The van der Waals surface area contributed by atoms with Crippen LogP contribution in [0.2, 0.25) is 0 Å². The predicted octanol–water partition coefficient (Wildman–Crippen LogP) is 2.33. The highest BCUT2D eigenvalue weighted by Crippen LogP contribution is 2.34. The number of nitro benzene ring substituents is 1. The molecule has 1 heterocycles. The van der Waals surface area contributed by atoms with Crippen molar-refractivity contribution in [3.63, 3.8) is 0 Å². The Labute approximate surface area is 105 Å². The summed E-state index contributed by atoms with van der Waals surface area (Å²) in [6.45, 7) is 2.03. The van der Waals surface area contributed by atoms with Crippen LogP contribution in [0.3, 0.4) is 0 Å². The van der Waals surface area contributed by atoms with Gasteiger partial charge in [0.1, 0.15) is 5.69 Å². The standard InChI is InChI=1S/C10H10BrFN2O3/c11-7-5-8(12)10(14(15)16)9(6-7)13-1-3-17-4-2-13/h5-6H,1-4H2. The van der Waals surface area contributed by atoms with Crippen LogP contribution in [-0.2, 0) is 4.74 Å². The minimum atomic E-state index is -0.828. The van der Waals surface area contributed by atoms with Crippen molar-refractivity contribution in [2.24, 2.45) is 0 Å². The molecule has 0 atom stereocenters. The van der Waals surface area contributed by atoms with Crippen LogP contribution >= 0.6 is 15.9 Å². The van der Waals surface area contributed by atoms with Gasteiger partial charge in [0.25, 0.3) is 0 Å². The Morgan fingerprint density at radius 1 is 1.41 bits per heavy atom. The average Bonchev–Trinajstić information content (AvgIpc) is 2.28. The second-order valence-corrected chi connectivity index (χ2v) is 4.53. The molecular weight excluding hydrogens is 295 g/mol. The number of nitrogens with zero attached hydrogens (tertiary/aromatic N) is 2. The van der Waals surface area contributed by atoms with Gasteiger partial charge in [-0.3, -0.25) is 10.1 Å². The first-order valence-electron chi connectivity index (χ1n) is 5.05. The number of rotatable bonds is 2. The smallest absolute Gasteiger partial charge is 0.327 e. The molecule has 1 aliphatic rings. The Balaban J connectivity index is 2.46. The van der Waals surface area contributed by atoms with Crippen LogP contribution in [0.4, 0.5) is 15.8 Å². The normalized spacial score (nSPS) is 16.0. The van der Waals surface area contributed by atoms with Crippen molar-refractivity contribution in [1.29, 1.82) is 0 Å². The number of ether oxygens (including phenoxy) is 1. The average molecular weight is 305 g/mol. The third-order valence-electron chi connectivity index (χ3n) is 2.54. The Bertz CT molecular complexity index is 449. The second-order valence-electron chi connectivity index (χ2n) is 3.61. The SMILES string of the molecule is O=[N+]([O-])c1c(F)cc(Br)cc1N1CCOCC1. The molecule has 7 heteroatoms. The summed E-state index contributed by atoms with van der Waals surface area (Å²) in [5.41, 5.74) is -0.180. The molecule has 0 spiro atoms. The lowest BCUT2D eigenvalue weighted by molar-refractivity contribution is -0.386. The van der Waals surface area contributed by atoms with Crippen LogP contribution in [0.5, 0.6) is 0 Å². The topological polar surface area (TPSA) is 55.6 Å². The highest BCUT2D eigenvalue weighted by Gasteiger charge is 2.26. The van der Waals surface area contributed by atoms with Gasteiger partial charge in [0.15, 0.2) is 0 Å². The lowest BCUT2D eigenvalue weighted by atomic mass is 10.2. The van der Waals surface area contributed by atoms with Crippen molar-refractivity contribution in [1.82, 2.24) is 0 Å². The summed E-state index contributed by atoms with van der Waals surface area (Å²) in [5.74, 6) is -0.828. The zero-order chi connectivity index (χ0) is 12.4. The zero-order valence-corrected chi connectivity index (χ0v) is 10.4. The molecule has 1 aromatic carbocycles. The lowest BCUT2D eigenvalue weighted by Gasteiger charge is -2.28. The van der Waals surface area contributed by atoms with E-state index in [4.69, 9.17) is 4.74 Å². The van der Waals surface area contributed by atoms with Crippen molar-refractivity contribution >= 4 is 27.3 Å². The quantitative estimate of drug-likeness (QED) is 0.621. The zero-order valence-electron chi connectivity index (χ0n) is 8.86. The summed E-state index contributed by atoms with van der Waals surface area (Å²) in [6, 6.07) is 2.66. The van der Waals surface area contributed by atoms with E-state index in [1.807, 2.05) is 0 Å². The van der Waals surface area contributed by atoms with Crippen LogP contribution in [0.15, 0.2) is 16.6 Å². The molecule has 0 bridgehead atoms. The Kier molecular flexibility index (Phi) is 3.58. The summed E-state index contributed by atoms with van der Waals surface area (Å²) >= 11 is 3.14. The number of hydrogen-bond donors (Lipinski definition) is 0. The van der Waals surface area contributed by atoms with Crippen LogP contribution < -0.4 is 4.90 Å². The van der Waals surface area contributed by atoms with E-state index >= 15 is 0 Å². The molecule has 1 aliphatic heterocycles. The minimum absolute atomic E-state index is 0.296. The van der Waals surface area contributed by atoms with E-state index in [-0.39, 0.29) is 0 Å². The fraction of sp³-hybridized carbons (Fsp3) is 0.400. The largest absolute Gasteiger partial charge is 0.378 e. The van der Waals surface area contributed by atoms with Crippen molar-refractivity contribution in [3.8, 4) is 0 Å². The first-order valence-corrected chi connectivity index (χ1v) is 5.85. The second kappa shape index (κ2) is 4.97. The summed E-state index contributed by atoms with van der Waals surface area (Å²) in [7, 11) is 0. The molecule has 0 aliphatic carbocycles. The molecular formula is C10H10BrFN2O3. The predicted molar refractivity (Wildman–Crippen MR) is 63.8 cm³/mol. The summed E-state index contributed by atoms with van der Waals surface area (Å²) in [5, 5.41) is 10.9. The van der Waals surface area contributed by atoms with Gasteiger partial charge in [-0.05, 0) is 12.1 Å². The van der Waals surface area contributed by atoms with E-state index in [1.54, 1.807) is 11.0 Å². The van der Waals surface area contributed by atoms with Crippen molar-refractivity contribution in [2.45, 2.75) is 0 Å². The monoisotopic (exact) mass is 304 g/mol. The van der Waals surface area contributed by atoms with Crippen molar-refractivity contribution in [3.05, 3.63) is 32.5 Å². The third kappa shape index (κ3) is 2.55. The molecule has 0 unspecified atom stereocenters. The molecule has 0 radical (unpaired) electrons. The van der Waals surface area contributed by atoms with E-state index in [0.717, 1.165) is 6.07 Å². The maximum atomic E-state index is 13.6.